The number of halogens is 2. The zero-order chi connectivity index (χ0) is 12.1. The molecule has 0 aliphatic rings. The molecule has 1 N–H and O–H groups in total. The van der Waals surface area contributed by atoms with Crippen molar-refractivity contribution in [2.45, 2.75) is 6.92 Å². The van der Waals surface area contributed by atoms with Crippen LogP contribution in [-0.4, -0.2) is 12.5 Å². The van der Waals surface area contributed by atoms with E-state index < -0.39 is 5.91 Å². The van der Waals surface area contributed by atoms with Crippen LogP contribution < -0.4 is 5.32 Å². The topological polar surface area (TPSA) is 77.9 Å². The molecular formula is C9H8Cl2N4O. The van der Waals surface area contributed by atoms with Gasteiger partial charge in [-0.05, 0) is 30.2 Å². The molecule has 5 nitrogen and oxygen atoms in total. The van der Waals surface area contributed by atoms with E-state index in [1.165, 1.54) is 6.07 Å². The molecular weight excluding hydrogens is 251 g/mol. The Kier molecular flexibility index (Phi) is 4.43. The fourth-order valence-corrected chi connectivity index (χ4v) is 1.78. The van der Waals surface area contributed by atoms with Crippen LogP contribution in [-0.2, 0) is 4.79 Å². The summed E-state index contributed by atoms with van der Waals surface area (Å²) in [5, 5.41) is 6.53. The molecule has 0 aliphatic carbocycles. The van der Waals surface area contributed by atoms with E-state index in [0.29, 0.717) is 15.7 Å². The highest BCUT2D eigenvalue weighted by atomic mass is 35.5. The molecule has 0 bridgehead atoms. The van der Waals surface area contributed by atoms with Gasteiger partial charge in [-0.2, -0.15) is 0 Å². The highest BCUT2D eigenvalue weighted by Gasteiger charge is 2.08. The van der Waals surface area contributed by atoms with Crippen molar-refractivity contribution in [3.8, 4) is 0 Å². The van der Waals surface area contributed by atoms with E-state index >= 15 is 0 Å². The molecule has 0 spiro atoms. The number of rotatable bonds is 3. The van der Waals surface area contributed by atoms with Gasteiger partial charge in [0, 0.05) is 9.93 Å². The van der Waals surface area contributed by atoms with E-state index in [1.807, 2.05) is 0 Å². The Labute approximate surface area is 102 Å². The second kappa shape index (κ2) is 5.61. The third-order valence-corrected chi connectivity index (χ3v) is 2.31. The Morgan fingerprint density at radius 1 is 1.56 bits per heavy atom. The zero-order valence-corrected chi connectivity index (χ0v) is 9.88. The van der Waals surface area contributed by atoms with Gasteiger partial charge in [-0.1, -0.05) is 28.3 Å². The summed E-state index contributed by atoms with van der Waals surface area (Å²) in [5.41, 5.74) is 9.28. The molecule has 7 heteroatoms. The molecule has 1 aromatic carbocycles. The number of azide groups is 1. The van der Waals surface area contributed by atoms with Crippen LogP contribution in [0.3, 0.4) is 0 Å². The van der Waals surface area contributed by atoms with Crippen molar-refractivity contribution in [2.75, 3.05) is 11.9 Å². The average molecular weight is 259 g/mol. The second-order valence-electron chi connectivity index (χ2n) is 3.02. The number of hydrogen-bond donors (Lipinski definition) is 1. The molecule has 84 valence electrons. The molecule has 0 saturated carbocycles. The van der Waals surface area contributed by atoms with E-state index in [2.05, 4.69) is 15.3 Å². The van der Waals surface area contributed by atoms with Gasteiger partial charge < -0.3 is 5.32 Å². The van der Waals surface area contributed by atoms with Gasteiger partial charge >= 0.3 is 0 Å². The largest absolute Gasteiger partial charge is 0.324 e. The van der Waals surface area contributed by atoms with Crippen molar-refractivity contribution in [1.29, 1.82) is 0 Å². The van der Waals surface area contributed by atoms with Crippen molar-refractivity contribution in [2.24, 2.45) is 5.11 Å². The molecule has 0 aromatic heterocycles. The van der Waals surface area contributed by atoms with Crippen LogP contribution in [0.2, 0.25) is 10.0 Å². The maximum Gasteiger partial charge on any atom is 0.230 e. The van der Waals surface area contributed by atoms with Gasteiger partial charge in [0.25, 0.3) is 0 Å². The number of hydrogen-bond acceptors (Lipinski definition) is 2. The molecule has 1 amide bonds. The van der Waals surface area contributed by atoms with Crippen molar-refractivity contribution in [1.82, 2.24) is 0 Å². The smallest absolute Gasteiger partial charge is 0.230 e. The first-order chi connectivity index (χ1) is 7.54. The normalized spacial score (nSPS) is 9.44. The predicted molar refractivity (Wildman–Crippen MR) is 63.8 cm³/mol. The van der Waals surface area contributed by atoms with Crippen LogP contribution in [0.25, 0.3) is 10.4 Å². The van der Waals surface area contributed by atoms with E-state index in [0.717, 1.165) is 5.56 Å². The standard InChI is InChI=1S/C9H8Cl2N4O/c1-5-2-6(10)3-7(11)9(5)14-8(16)4-13-15-12/h2-3H,4H2,1H3,(H,14,16). The van der Waals surface area contributed by atoms with Gasteiger partial charge in [0.15, 0.2) is 0 Å². The van der Waals surface area contributed by atoms with E-state index in [4.69, 9.17) is 28.7 Å². The predicted octanol–water partition coefficient (Wildman–Crippen LogP) is 3.55. The minimum atomic E-state index is -0.426. The monoisotopic (exact) mass is 258 g/mol. The van der Waals surface area contributed by atoms with Crippen LogP contribution in [0, 0.1) is 6.92 Å². The molecule has 0 saturated heterocycles. The lowest BCUT2D eigenvalue weighted by atomic mass is 10.2. The summed E-state index contributed by atoms with van der Waals surface area (Å²) in [6, 6.07) is 3.20. The van der Waals surface area contributed by atoms with Crippen LogP contribution in [0.15, 0.2) is 17.2 Å². The molecule has 1 aromatic rings. The highest BCUT2D eigenvalue weighted by Crippen LogP contribution is 2.29. The van der Waals surface area contributed by atoms with Crippen molar-refractivity contribution >= 4 is 34.8 Å². The van der Waals surface area contributed by atoms with Crippen LogP contribution in [0.1, 0.15) is 5.56 Å². The Hall–Kier alpha value is -1.42. The van der Waals surface area contributed by atoms with Gasteiger partial charge in [-0.25, -0.2) is 0 Å². The quantitative estimate of drug-likeness (QED) is 0.502. The Bertz CT molecular complexity index is 446. The van der Waals surface area contributed by atoms with Gasteiger partial charge in [0.2, 0.25) is 5.91 Å². The van der Waals surface area contributed by atoms with E-state index in [9.17, 15) is 4.79 Å². The summed E-state index contributed by atoms with van der Waals surface area (Å²) >= 11 is 11.7. The third kappa shape index (κ3) is 3.31. The summed E-state index contributed by atoms with van der Waals surface area (Å²) < 4.78 is 0. The number of anilines is 1. The number of nitrogens with zero attached hydrogens (tertiary/aromatic N) is 3. The van der Waals surface area contributed by atoms with Gasteiger partial charge in [-0.3, -0.25) is 4.79 Å². The van der Waals surface area contributed by atoms with Crippen molar-refractivity contribution in [3.05, 3.63) is 38.2 Å². The number of carbonyl (C=O) groups is 1. The summed E-state index contributed by atoms with van der Waals surface area (Å²) in [6.45, 7) is 1.50. The highest BCUT2D eigenvalue weighted by molar-refractivity contribution is 6.37. The second-order valence-corrected chi connectivity index (χ2v) is 3.86. The maximum atomic E-state index is 11.3. The Morgan fingerprint density at radius 3 is 2.81 bits per heavy atom. The van der Waals surface area contributed by atoms with Gasteiger partial charge in [0.1, 0.15) is 6.54 Å². The Balaban J connectivity index is 2.89. The Morgan fingerprint density at radius 2 is 2.25 bits per heavy atom. The molecule has 16 heavy (non-hydrogen) atoms. The maximum absolute atomic E-state index is 11.3. The fourth-order valence-electron chi connectivity index (χ4n) is 1.14. The molecule has 0 atom stereocenters. The van der Waals surface area contributed by atoms with Crippen molar-refractivity contribution < 1.29 is 4.79 Å². The van der Waals surface area contributed by atoms with Crippen LogP contribution in [0.4, 0.5) is 5.69 Å². The minimum absolute atomic E-state index is 0.269. The molecule has 0 fully saturated rings. The molecule has 0 heterocycles. The zero-order valence-electron chi connectivity index (χ0n) is 8.37. The molecule has 0 aliphatic heterocycles. The first-order valence-electron chi connectivity index (χ1n) is 4.31. The van der Waals surface area contributed by atoms with Gasteiger partial charge in [0.05, 0.1) is 10.7 Å². The van der Waals surface area contributed by atoms with Crippen molar-refractivity contribution in [3.63, 3.8) is 0 Å². The van der Waals surface area contributed by atoms with E-state index in [1.54, 1.807) is 13.0 Å². The summed E-state index contributed by atoms with van der Waals surface area (Å²) in [7, 11) is 0. The SMILES string of the molecule is Cc1cc(Cl)cc(Cl)c1NC(=O)CN=[N+]=[N-]. The van der Waals surface area contributed by atoms with Gasteiger partial charge in [-0.15, -0.1) is 0 Å². The number of amides is 1. The summed E-state index contributed by atoms with van der Waals surface area (Å²) in [6.07, 6.45) is 0. The first-order valence-corrected chi connectivity index (χ1v) is 5.06. The number of aryl methyl sites for hydroxylation is 1. The molecule has 0 unspecified atom stereocenters. The third-order valence-electron chi connectivity index (χ3n) is 1.79. The fraction of sp³-hybridized carbons (Fsp3) is 0.222. The lowest BCUT2D eigenvalue weighted by Gasteiger charge is -2.09. The number of benzene rings is 1. The van der Waals surface area contributed by atoms with Crippen LogP contribution >= 0.6 is 23.2 Å². The molecule has 0 radical (unpaired) electrons. The molecule has 1 rings (SSSR count). The summed E-state index contributed by atoms with van der Waals surface area (Å²) in [5.74, 6) is -0.426. The summed E-state index contributed by atoms with van der Waals surface area (Å²) in [4.78, 5) is 13.8. The van der Waals surface area contributed by atoms with Crippen LogP contribution in [0.5, 0.6) is 0 Å². The first kappa shape index (κ1) is 12.6. The average Bonchev–Trinajstić information content (AvgIpc) is 2.20. The number of nitrogens with one attached hydrogen (secondary N) is 1. The lowest BCUT2D eigenvalue weighted by Crippen LogP contribution is -2.15. The lowest BCUT2D eigenvalue weighted by molar-refractivity contribution is -0.114. The number of carbonyl (C=O) groups excluding carboxylic acids is 1. The van der Waals surface area contributed by atoms with E-state index in [-0.39, 0.29) is 6.54 Å². The minimum Gasteiger partial charge on any atom is -0.324 e.